The third kappa shape index (κ3) is 5.67. The molecule has 4 heterocycles. The van der Waals surface area contributed by atoms with Crippen LogP contribution in [-0.2, 0) is 28.7 Å². The Labute approximate surface area is 275 Å². The zero-order valence-electron chi connectivity index (χ0n) is 27.4. The number of amides is 3. The minimum Gasteiger partial charge on any atom is -0.455 e. The maximum Gasteiger partial charge on any atom is 0.313 e. The van der Waals surface area contributed by atoms with Crippen molar-refractivity contribution >= 4 is 29.4 Å². The molecule has 4 aliphatic heterocycles. The maximum atomic E-state index is 14.9. The second-order valence-corrected chi connectivity index (χ2v) is 13.1. The fourth-order valence-electron chi connectivity index (χ4n) is 7.57. The molecule has 7 atom stereocenters. The van der Waals surface area contributed by atoms with Crippen LogP contribution in [0.3, 0.4) is 0 Å². The summed E-state index contributed by atoms with van der Waals surface area (Å²) in [6, 6.07) is 13.6. The van der Waals surface area contributed by atoms with Gasteiger partial charge >= 0.3 is 5.97 Å². The summed E-state index contributed by atoms with van der Waals surface area (Å²) in [5.41, 5.74) is 1.90. The van der Waals surface area contributed by atoms with Gasteiger partial charge in [-0.15, -0.1) is 0 Å². The highest BCUT2D eigenvalue weighted by Crippen LogP contribution is 2.56. The number of esters is 1. The first-order valence-electron chi connectivity index (χ1n) is 16.4. The van der Waals surface area contributed by atoms with Gasteiger partial charge in [0, 0.05) is 38.9 Å². The second kappa shape index (κ2) is 13.1. The van der Waals surface area contributed by atoms with E-state index in [1.165, 1.54) is 4.90 Å². The largest absolute Gasteiger partial charge is 0.455 e. The molecule has 0 aliphatic carbocycles. The highest BCUT2D eigenvalue weighted by molar-refractivity contribution is 6.05. The number of benzene rings is 2. The number of nitrogens with zero attached hydrogens (tertiary/aromatic N) is 3. The SMILES string of the molecule is Cc1ccc(C)c(N2C/C=C\CCC(=O)N(C)[C@H](C)[C@@H](c3ccccc3)OC(=O)[C@@H]3[C@@H]4C=C[C@]5(O4)[C@H](C2=O)N(CCCO)C(=O)[C@@H]35)c1. The Balaban J connectivity index is 1.47. The third-order valence-corrected chi connectivity index (χ3v) is 10.2. The van der Waals surface area contributed by atoms with Gasteiger partial charge in [0.05, 0.1) is 18.1 Å². The molecular weight excluding hydrogens is 598 g/mol. The number of carbonyl (C=O) groups excluding carboxylic acids is 4. The molecule has 2 fully saturated rings. The molecular formula is C37H43N3O7. The Kier molecular flexibility index (Phi) is 9.09. The highest BCUT2D eigenvalue weighted by atomic mass is 16.6. The summed E-state index contributed by atoms with van der Waals surface area (Å²) >= 11 is 0. The molecule has 6 rings (SSSR count). The Hall–Kier alpha value is -4.28. The summed E-state index contributed by atoms with van der Waals surface area (Å²) in [7, 11) is 1.71. The Morgan fingerprint density at radius 3 is 2.51 bits per heavy atom. The molecule has 10 nitrogen and oxygen atoms in total. The van der Waals surface area contributed by atoms with Gasteiger partial charge in [-0.3, -0.25) is 19.2 Å². The zero-order chi connectivity index (χ0) is 33.5. The summed E-state index contributed by atoms with van der Waals surface area (Å²) in [5, 5.41) is 9.75. The van der Waals surface area contributed by atoms with E-state index in [0.717, 1.165) is 16.7 Å². The standard InChI is InChI=1S/C37H43N3O7/c1-23-15-16-24(2)27(22-23)39-19-10-6-9-14-29(42)38(4)25(3)32(26-12-7-5-8-13-26)46-36(45)30-28-17-18-37(47-28)31(30)34(43)40(20-11-21-41)33(37)35(39)44/h5-8,10,12-13,15-18,22,25,28,30-33,41H,9,11,14,19-21H2,1-4H3/b10-6-/t25-,28+,30-,31-,32+,33+,37-/m1/s1. The van der Waals surface area contributed by atoms with Crippen molar-refractivity contribution in [3.63, 3.8) is 0 Å². The van der Waals surface area contributed by atoms with Crippen LogP contribution < -0.4 is 4.90 Å². The fourth-order valence-corrected chi connectivity index (χ4v) is 7.57. The molecule has 10 heteroatoms. The van der Waals surface area contributed by atoms with Gasteiger partial charge in [-0.05, 0) is 56.4 Å². The predicted octanol–water partition coefficient (Wildman–Crippen LogP) is 3.65. The monoisotopic (exact) mass is 641 g/mol. The van der Waals surface area contributed by atoms with E-state index >= 15 is 0 Å². The van der Waals surface area contributed by atoms with E-state index in [4.69, 9.17) is 9.47 Å². The number of hydrogen-bond acceptors (Lipinski definition) is 7. The number of rotatable bonds is 5. The summed E-state index contributed by atoms with van der Waals surface area (Å²) in [6.07, 6.45) is 6.71. The number of cyclic esters (lactones) is 1. The van der Waals surface area contributed by atoms with Crippen molar-refractivity contribution < 1.29 is 33.8 Å². The number of aryl methyl sites for hydroxylation is 2. The van der Waals surface area contributed by atoms with Crippen LogP contribution in [0.2, 0.25) is 0 Å². The lowest BCUT2D eigenvalue weighted by atomic mass is 9.74. The number of ether oxygens (including phenoxy) is 2. The number of allylic oxidation sites excluding steroid dienone is 1. The minimum atomic E-state index is -1.38. The van der Waals surface area contributed by atoms with Crippen LogP contribution in [0.5, 0.6) is 0 Å². The topological polar surface area (TPSA) is 117 Å². The predicted molar refractivity (Wildman–Crippen MR) is 175 cm³/mol. The molecule has 1 N–H and O–H groups in total. The van der Waals surface area contributed by atoms with Crippen molar-refractivity contribution in [2.45, 2.75) is 69.9 Å². The molecule has 1 spiro atoms. The Morgan fingerprint density at radius 2 is 1.77 bits per heavy atom. The molecule has 5 bridgehead atoms. The van der Waals surface area contributed by atoms with E-state index in [1.54, 1.807) is 29.0 Å². The van der Waals surface area contributed by atoms with Gasteiger partial charge in [0.15, 0.2) is 0 Å². The lowest BCUT2D eigenvalue weighted by Crippen LogP contribution is -2.56. The molecule has 47 heavy (non-hydrogen) atoms. The molecule has 2 saturated heterocycles. The molecule has 248 valence electrons. The molecule has 0 unspecified atom stereocenters. The van der Waals surface area contributed by atoms with E-state index in [9.17, 15) is 24.3 Å². The number of carbonyl (C=O) groups is 4. The van der Waals surface area contributed by atoms with E-state index in [0.29, 0.717) is 12.1 Å². The number of anilines is 1. The van der Waals surface area contributed by atoms with Crippen molar-refractivity contribution in [2.24, 2.45) is 11.8 Å². The van der Waals surface area contributed by atoms with Gasteiger partial charge in [-0.25, -0.2) is 0 Å². The Morgan fingerprint density at radius 1 is 1.00 bits per heavy atom. The smallest absolute Gasteiger partial charge is 0.313 e. The summed E-state index contributed by atoms with van der Waals surface area (Å²) in [4.78, 5) is 61.7. The minimum absolute atomic E-state index is 0.107. The van der Waals surface area contributed by atoms with Crippen LogP contribution in [-0.4, -0.2) is 89.1 Å². The van der Waals surface area contributed by atoms with Crippen molar-refractivity contribution in [3.8, 4) is 0 Å². The molecule has 0 aromatic heterocycles. The van der Waals surface area contributed by atoms with Crippen LogP contribution in [0.25, 0.3) is 0 Å². The van der Waals surface area contributed by atoms with E-state index in [-0.39, 0.29) is 50.3 Å². The molecule has 0 saturated carbocycles. The second-order valence-electron chi connectivity index (χ2n) is 13.1. The summed E-state index contributed by atoms with van der Waals surface area (Å²) in [6.45, 7) is 5.90. The number of aliphatic hydroxyl groups excluding tert-OH is 1. The van der Waals surface area contributed by atoms with E-state index in [2.05, 4.69) is 0 Å². The number of likely N-dealkylation sites (N-methyl/N-ethyl adjacent to an activating group) is 1. The van der Waals surface area contributed by atoms with E-state index in [1.807, 2.05) is 81.5 Å². The van der Waals surface area contributed by atoms with E-state index < -0.39 is 47.7 Å². The Bertz CT molecular complexity index is 1610. The normalized spacial score (nSPS) is 31.8. The van der Waals surface area contributed by atoms with Gasteiger partial charge in [-0.1, -0.05) is 66.8 Å². The first-order chi connectivity index (χ1) is 22.6. The average Bonchev–Trinajstić information content (AvgIpc) is 3.71. The van der Waals surface area contributed by atoms with Crippen LogP contribution in [0.4, 0.5) is 5.69 Å². The molecule has 3 amide bonds. The molecule has 2 aromatic carbocycles. The third-order valence-electron chi connectivity index (χ3n) is 10.2. The maximum absolute atomic E-state index is 14.9. The first kappa shape index (κ1) is 32.7. The lowest BCUT2D eigenvalue weighted by molar-refractivity contribution is -0.164. The van der Waals surface area contributed by atoms with Crippen LogP contribution in [0.15, 0.2) is 72.8 Å². The lowest BCUT2D eigenvalue weighted by Gasteiger charge is -2.36. The van der Waals surface area contributed by atoms with Crippen LogP contribution in [0.1, 0.15) is 49.0 Å². The van der Waals surface area contributed by atoms with Crippen molar-refractivity contribution in [3.05, 3.63) is 89.5 Å². The fraction of sp³-hybridized carbons (Fsp3) is 0.459. The number of aliphatic hydroxyl groups is 1. The first-order valence-corrected chi connectivity index (χ1v) is 16.4. The number of fused-ring (bicyclic) bond motifs is 2. The molecule has 4 aliphatic rings. The summed E-state index contributed by atoms with van der Waals surface area (Å²) in [5.74, 6) is -3.42. The average molecular weight is 642 g/mol. The van der Waals surface area contributed by atoms with Gasteiger partial charge in [-0.2, -0.15) is 0 Å². The number of hydrogen-bond donors (Lipinski definition) is 1. The van der Waals surface area contributed by atoms with Gasteiger partial charge in [0.1, 0.15) is 23.7 Å². The highest BCUT2D eigenvalue weighted by Gasteiger charge is 2.73. The van der Waals surface area contributed by atoms with Crippen LogP contribution >= 0.6 is 0 Å². The molecule has 2 aromatic rings. The van der Waals surface area contributed by atoms with Crippen molar-refractivity contribution in [2.75, 3.05) is 31.6 Å². The van der Waals surface area contributed by atoms with Crippen molar-refractivity contribution in [1.29, 1.82) is 0 Å². The van der Waals surface area contributed by atoms with Gasteiger partial charge < -0.3 is 29.3 Å². The zero-order valence-corrected chi connectivity index (χ0v) is 27.4. The summed E-state index contributed by atoms with van der Waals surface area (Å²) < 4.78 is 12.8. The molecule has 0 radical (unpaired) electrons. The van der Waals surface area contributed by atoms with Gasteiger partial charge in [0.25, 0.3) is 5.91 Å². The quantitative estimate of drug-likeness (QED) is 0.392. The van der Waals surface area contributed by atoms with Crippen LogP contribution in [0, 0.1) is 25.7 Å². The number of likely N-dealkylation sites (tertiary alicyclic amines) is 1. The van der Waals surface area contributed by atoms with Crippen molar-refractivity contribution in [1.82, 2.24) is 9.80 Å². The van der Waals surface area contributed by atoms with Gasteiger partial charge in [0.2, 0.25) is 11.8 Å².